The van der Waals surface area contributed by atoms with Crippen molar-refractivity contribution in [2.45, 2.75) is 32.9 Å². The van der Waals surface area contributed by atoms with Gasteiger partial charge >= 0.3 is 6.18 Å². The van der Waals surface area contributed by atoms with Gasteiger partial charge in [0.2, 0.25) is 0 Å². The van der Waals surface area contributed by atoms with E-state index in [4.69, 9.17) is 5.73 Å². The van der Waals surface area contributed by atoms with Gasteiger partial charge in [0.25, 0.3) is 0 Å². The van der Waals surface area contributed by atoms with Crippen molar-refractivity contribution >= 4 is 21.4 Å². The Balaban J connectivity index is 1.90. The number of nitrogens with two attached hydrogens (primary N) is 1. The summed E-state index contributed by atoms with van der Waals surface area (Å²) in [6.07, 6.45) is -2.54. The molecular formula is C23H22F3NS. The minimum atomic E-state index is -4.32. The highest BCUT2D eigenvalue weighted by Crippen LogP contribution is 2.39. The summed E-state index contributed by atoms with van der Waals surface area (Å²) in [7, 11) is 0. The first-order chi connectivity index (χ1) is 13.3. The Hall–Kier alpha value is -2.29. The minimum absolute atomic E-state index is 0.483. The maximum Gasteiger partial charge on any atom is 0.416 e. The van der Waals surface area contributed by atoms with E-state index in [0.29, 0.717) is 12.5 Å². The van der Waals surface area contributed by atoms with Crippen LogP contribution in [0.2, 0.25) is 0 Å². The number of thiophene rings is 1. The van der Waals surface area contributed by atoms with Crippen LogP contribution in [0.5, 0.6) is 0 Å². The van der Waals surface area contributed by atoms with Crippen molar-refractivity contribution in [3.05, 3.63) is 58.5 Å². The number of halogens is 3. The molecule has 0 radical (unpaired) electrons. The van der Waals surface area contributed by atoms with Gasteiger partial charge in [-0.3, -0.25) is 0 Å². The SMILES string of the molecule is Cc1sc2cc(C#CCC(C)CCN)ccc2c1-c1ccc(C(F)(F)F)cc1. The quantitative estimate of drug-likeness (QED) is 0.488. The number of fused-ring (bicyclic) bond motifs is 1. The van der Waals surface area contributed by atoms with Crippen LogP contribution in [0.3, 0.4) is 0 Å². The van der Waals surface area contributed by atoms with Gasteiger partial charge in [0.1, 0.15) is 0 Å². The Morgan fingerprint density at radius 3 is 2.46 bits per heavy atom. The molecule has 0 amide bonds. The van der Waals surface area contributed by atoms with Crippen LogP contribution in [0.1, 0.15) is 35.8 Å². The molecule has 1 unspecified atom stereocenters. The summed E-state index contributed by atoms with van der Waals surface area (Å²) in [5.41, 5.74) is 7.68. The Morgan fingerprint density at radius 1 is 1.11 bits per heavy atom. The Kier molecular flexibility index (Phi) is 6.12. The molecule has 0 aliphatic heterocycles. The number of hydrogen-bond donors (Lipinski definition) is 1. The lowest BCUT2D eigenvalue weighted by Crippen LogP contribution is -2.04. The Labute approximate surface area is 167 Å². The molecule has 146 valence electrons. The number of aryl methyl sites for hydroxylation is 1. The van der Waals surface area contributed by atoms with Crippen LogP contribution in [-0.2, 0) is 6.18 Å². The fourth-order valence-corrected chi connectivity index (χ4v) is 4.32. The van der Waals surface area contributed by atoms with E-state index < -0.39 is 11.7 Å². The van der Waals surface area contributed by atoms with Crippen LogP contribution in [0.4, 0.5) is 13.2 Å². The lowest BCUT2D eigenvalue weighted by Gasteiger charge is -2.08. The first-order valence-electron chi connectivity index (χ1n) is 9.19. The second kappa shape index (κ2) is 8.38. The summed E-state index contributed by atoms with van der Waals surface area (Å²) < 4.78 is 39.5. The topological polar surface area (TPSA) is 26.0 Å². The van der Waals surface area contributed by atoms with Gasteiger partial charge in [-0.25, -0.2) is 0 Å². The standard InChI is InChI=1S/C23H22F3NS/c1-15(12-13-27)4-3-5-17-6-11-20-21(14-17)28-16(2)22(20)18-7-9-19(10-8-18)23(24,25)26/h6-11,14-15H,4,12-13,27H2,1-2H3. The van der Waals surface area contributed by atoms with E-state index in [9.17, 15) is 13.2 Å². The molecule has 3 rings (SSSR count). The van der Waals surface area contributed by atoms with Gasteiger partial charge in [0.05, 0.1) is 5.56 Å². The van der Waals surface area contributed by atoms with E-state index in [2.05, 4.69) is 24.8 Å². The van der Waals surface area contributed by atoms with Crippen molar-refractivity contribution in [2.24, 2.45) is 11.7 Å². The Morgan fingerprint density at radius 2 is 1.82 bits per heavy atom. The van der Waals surface area contributed by atoms with Gasteiger partial charge in [0.15, 0.2) is 0 Å². The van der Waals surface area contributed by atoms with E-state index in [1.165, 1.54) is 0 Å². The van der Waals surface area contributed by atoms with Crippen LogP contribution < -0.4 is 5.73 Å². The number of alkyl halides is 3. The maximum atomic E-state index is 12.8. The van der Waals surface area contributed by atoms with E-state index in [1.807, 2.05) is 19.1 Å². The van der Waals surface area contributed by atoms with Gasteiger partial charge in [-0.1, -0.05) is 37.0 Å². The fourth-order valence-electron chi connectivity index (χ4n) is 3.20. The third-order valence-electron chi connectivity index (χ3n) is 4.71. The molecule has 3 aromatic rings. The highest BCUT2D eigenvalue weighted by atomic mass is 32.1. The lowest BCUT2D eigenvalue weighted by atomic mass is 10.00. The van der Waals surface area contributed by atoms with Gasteiger partial charge in [-0.05, 0) is 55.6 Å². The third-order valence-corrected chi connectivity index (χ3v) is 5.78. The van der Waals surface area contributed by atoms with E-state index in [0.717, 1.165) is 56.6 Å². The minimum Gasteiger partial charge on any atom is -0.330 e. The maximum absolute atomic E-state index is 12.8. The zero-order valence-electron chi connectivity index (χ0n) is 15.9. The lowest BCUT2D eigenvalue weighted by molar-refractivity contribution is -0.137. The molecule has 2 aromatic carbocycles. The number of hydrogen-bond acceptors (Lipinski definition) is 2. The molecule has 28 heavy (non-hydrogen) atoms. The van der Waals surface area contributed by atoms with Crippen LogP contribution in [0, 0.1) is 24.7 Å². The number of rotatable bonds is 4. The second-order valence-corrected chi connectivity index (χ2v) is 8.26. The number of benzene rings is 2. The average molecular weight is 401 g/mol. The van der Waals surface area contributed by atoms with Gasteiger partial charge in [0, 0.05) is 32.5 Å². The van der Waals surface area contributed by atoms with E-state index in [-0.39, 0.29) is 0 Å². The highest BCUT2D eigenvalue weighted by molar-refractivity contribution is 7.19. The molecule has 0 saturated carbocycles. The first kappa shape index (κ1) is 20.4. The van der Waals surface area contributed by atoms with Gasteiger partial charge in [-0.15, -0.1) is 11.3 Å². The molecule has 0 aliphatic rings. The van der Waals surface area contributed by atoms with Crippen molar-refractivity contribution in [2.75, 3.05) is 6.54 Å². The average Bonchev–Trinajstić information content (AvgIpc) is 2.96. The predicted octanol–water partition coefficient (Wildman–Crippen LogP) is 6.62. The summed E-state index contributed by atoms with van der Waals surface area (Å²) in [5.74, 6) is 6.91. The van der Waals surface area contributed by atoms with Crippen LogP contribution >= 0.6 is 11.3 Å². The van der Waals surface area contributed by atoms with E-state index in [1.54, 1.807) is 23.5 Å². The largest absolute Gasteiger partial charge is 0.416 e. The summed E-state index contributed by atoms with van der Waals surface area (Å²) in [4.78, 5) is 1.08. The molecule has 0 bridgehead atoms. The van der Waals surface area contributed by atoms with Crippen molar-refractivity contribution < 1.29 is 13.2 Å². The normalized spacial score (nSPS) is 12.6. The molecule has 0 fully saturated rings. The van der Waals surface area contributed by atoms with Gasteiger partial charge in [-0.2, -0.15) is 13.2 Å². The summed E-state index contributed by atoms with van der Waals surface area (Å²) in [6, 6.07) is 11.4. The van der Waals surface area contributed by atoms with Gasteiger partial charge < -0.3 is 5.73 Å². The molecule has 5 heteroatoms. The molecule has 0 spiro atoms. The predicted molar refractivity (Wildman–Crippen MR) is 111 cm³/mol. The highest BCUT2D eigenvalue weighted by Gasteiger charge is 2.30. The van der Waals surface area contributed by atoms with E-state index >= 15 is 0 Å². The molecule has 1 heterocycles. The van der Waals surface area contributed by atoms with Crippen molar-refractivity contribution in [1.29, 1.82) is 0 Å². The molecule has 1 atom stereocenters. The van der Waals surface area contributed by atoms with Crippen molar-refractivity contribution in [3.8, 4) is 23.0 Å². The molecule has 2 N–H and O–H groups in total. The second-order valence-electron chi connectivity index (χ2n) is 7.01. The summed E-state index contributed by atoms with van der Waals surface area (Å²) in [5, 5.41) is 1.05. The molecule has 0 aliphatic carbocycles. The first-order valence-corrected chi connectivity index (χ1v) is 10.0. The molecule has 1 nitrogen and oxygen atoms in total. The third kappa shape index (κ3) is 4.57. The monoisotopic (exact) mass is 401 g/mol. The zero-order valence-corrected chi connectivity index (χ0v) is 16.7. The van der Waals surface area contributed by atoms with Crippen LogP contribution in [-0.4, -0.2) is 6.54 Å². The fraction of sp³-hybridized carbons (Fsp3) is 0.304. The summed E-state index contributed by atoms with van der Waals surface area (Å²) in [6.45, 7) is 4.82. The molecule has 0 saturated heterocycles. The Bertz CT molecular complexity index is 1020. The smallest absolute Gasteiger partial charge is 0.330 e. The van der Waals surface area contributed by atoms with Crippen LogP contribution in [0.15, 0.2) is 42.5 Å². The molecular weight excluding hydrogens is 379 g/mol. The van der Waals surface area contributed by atoms with Crippen molar-refractivity contribution in [1.82, 2.24) is 0 Å². The van der Waals surface area contributed by atoms with Crippen molar-refractivity contribution in [3.63, 3.8) is 0 Å². The summed E-state index contributed by atoms with van der Waals surface area (Å²) >= 11 is 1.64. The zero-order chi connectivity index (χ0) is 20.3. The van der Waals surface area contributed by atoms with Crippen LogP contribution in [0.25, 0.3) is 21.2 Å². The molecule has 1 aromatic heterocycles.